The first kappa shape index (κ1) is 17.5. The number of benzene rings is 1. The predicted molar refractivity (Wildman–Crippen MR) is 87.2 cm³/mol. The maximum absolute atomic E-state index is 13.5. The molecule has 2 aromatic heterocycles. The number of aromatic amines is 1. The van der Waals surface area contributed by atoms with Gasteiger partial charge in [-0.05, 0) is 31.2 Å². The molecule has 0 fully saturated rings. The normalized spacial score (nSPS) is 11.8. The van der Waals surface area contributed by atoms with Gasteiger partial charge in [0.15, 0.2) is 11.6 Å². The van der Waals surface area contributed by atoms with Crippen molar-refractivity contribution in [3.8, 4) is 5.75 Å². The van der Waals surface area contributed by atoms with Crippen LogP contribution in [-0.2, 0) is 6.61 Å². The number of H-pyrrole nitrogens is 1. The zero-order chi connectivity index (χ0) is 18.5. The molecule has 0 radical (unpaired) electrons. The van der Waals surface area contributed by atoms with Crippen LogP contribution < -0.4 is 10.1 Å². The summed E-state index contributed by atoms with van der Waals surface area (Å²) >= 11 is 0. The Morgan fingerprint density at radius 1 is 1.31 bits per heavy atom. The summed E-state index contributed by atoms with van der Waals surface area (Å²) in [6.07, 6.45) is 2.99. The van der Waals surface area contributed by atoms with E-state index in [1.807, 2.05) is 0 Å². The van der Waals surface area contributed by atoms with Gasteiger partial charge in [0.1, 0.15) is 24.4 Å². The number of aromatic nitrogens is 4. The molecule has 2 heterocycles. The van der Waals surface area contributed by atoms with Crippen molar-refractivity contribution in [1.29, 1.82) is 0 Å². The molecule has 1 unspecified atom stereocenters. The topological polar surface area (TPSA) is 92.8 Å². The summed E-state index contributed by atoms with van der Waals surface area (Å²) in [6.45, 7) is 1.73. The van der Waals surface area contributed by atoms with Gasteiger partial charge < -0.3 is 10.1 Å². The molecule has 0 aliphatic carbocycles. The molecular weight excluding hydrogens is 344 g/mol. The van der Waals surface area contributed by atoms with E-state index in [1.165, 1.54) is 18.5 Å². The largest absolute Gasteiger partial charge is 0.484 e. The Balaban J connectivity index is 1.59. The van der Waals surface area contributed by atoms with Gasteiger partial charge in [0.05, 0.1) is 17.4 Å². The Bertz CT molecular complexity index is 901. The molecule has 134 valence electrons. The van der Waals surface area contributed by atoms with E-state index in [1.54, 1.807) is 19.2 Å². The third kappa shape index (κ3) is 4.18. The SMILES string of the molecule is CC(NC(=O)c1cc(COc2ccc(F)cc2F)[nH]n1)c1ccncn1. The lowest BCUT2D eigenvalue weighted by molar-refractivity contribution is 0.0934. The van der Waals surface area contributed by atoms with Gasteiger partial charge in [0.2, 0.25) is 0 Å². The first-order valence-electron chi connectivity index (χ1n) is 7.72. The highest BCUT2D eigenvalue weighted by Gasteiger charge is 2.15. The fourth-order valence-electron chi connectivity index (χ4n) is 2.20. The van der Waals surface area contributed by atoms with Crippen LogP contribution in [0.15, 0.2) is 42.9 Å². The number of hydrogen-bond acceptors (Lipinski definition) is 5. The maximum Gasteiger partial charge on any atom is 0.272 e. The monoisotopic (exact) mass is 359 g/mol. The van der Waals surface area contributed by atoms with Crippen molar-refractivity contribution in [3.63, 3.8) is 0 Å². The fraction of sp³-hybridized carbons (Fsp3) is 0.176. The summed E-state index contributed by atoms with van der Waals surface area (Å²) in [4.78, 5) is 20.1. The van der Waals surface area contributed by atoms with Crippen molar-refractivity contribution in [1.82, 2.24) is 25.5 Å². The van der Waals surface area contributed by atoms with Crippen LogP contribution >= 0.6 is 0 Å². The third-order valence-corrected chi connectivity index (χ3v) is 3.54. The second kappa shape index (κ2) is 7.68. The van der Waals surface area contributed by atoms with Crippen LogP contribution in [0, 0.1) is 11.6 Å². The molecule has 1 amide bonds. The van der Waals surface area contributed by atoms with E-state index < -0.39 is 17.5 Å². The van der Waals surface area contributed by atoms with E-state index in [2.05, 4.69) is 25.5 Å². The van der Waals surface area contributed by atoms with E-state index in [4.69, 9.17) is 4.74 Å². The highest BCUT2D eigenvalue weighted by molar-refractivity contribution is 5.92. The first-order chi connectivity index (χ1) is 12.5. The summed E-state index contributed by atoms with van der Waals surface area (Å²) in [6, 6.07) is 5.89. The van der Waals surface area contributed by atoms with E-state index in [0.717, 1.165) is 12.1 Å². The number of carbonyl (C=O) groups is 1. The summed E-state index contributed by atoms with van der Waals surface area (Å²) < 4.78 is 31.7. The smallest absolute Gasteiger partial charge is 0.272 e. The number of amides is 1. The molecule has 7 nitrogen and oxygen atoms in total. The standard InChI is InChI=1S/C17H15F2N5O2/c1-10(14-4-5-20-9-21-14)22-17(25)15-7-12(23-24-15)8-26-16-3-2-11(18)6-13(16)19/h2-7,9-10H,8H2,1H3,(H,22,25)(H,23,24). The van der Waals surface area contributed by atoms with E-state index in [0.29, 0.717) is 11.4 Å². The van der Waals surface area contributed by atoms with Gasteiger partial charge in [-0.1, -0.05) is 0 Å². The van der Waals surface area contributed by atoms with Gasteiger partial charge in [-0.15, -0.1) is 0 Å². The molecule has 3 rings (SSSR count). The lowest BCUT2D eigenvalue weighted by atomic mass is 10.2. The van der Waals surface area contributed by atoms with Crippen molar-refractivity contribution in [2.24, 2.45) is 0 Å². The highest BCUT2D eigenvalue weighted by Crippen LogP contribution is 2.19. The minimum Gasteiger partial charge on any atom is -0.484 e. The summed E-state index contributed by atoms with van der Waals surface area (Å²) in [7, 11) is 0. The molecule has 0 bridgehead atoms. The highest BCUT2D eigenvalue weighted by atomic mass is 19.1. The number of nitrogens with zero attached hydrogens (tertiary/aromatic N) is 3. The van der Waals surface area contributed by atoms with E-state index in [-0.39, 0.29) is 24.1 Å². The van der Waals surface area contributed by atoms with Crippen LogP contribution in [0.4, 0.5) is 8.78 Å². The van der Waals surface area contributed by atoms with Crippen molar-refractivity contribution < 1.29 is 18.3 Å². The summed E-state index contributed by atoms with van der Waals surface area (Å²) in [5, 5.41) is 9.31. The quantitative estimate of drug-likeness (QED) is 0.706. The second-order valence-electron chi connectivity index (χ2n) is 5.47. The van der Waals surface area contributed by atoms with Gasteiger partial charge >= 0.3 is 0 Å². The Hall–Kier alpha value is -3.36. The molecule has 9 heteroatoms. The van der Waals surface area contributed by atoms with Crippen LogP contribution in [0.5, 0.6) is 5.75 Å². The summed E-state index contributed by atoms with van der Waals surface area (Å²) in [5.41, 5.74) is 1.29. The van der Waals surface area contributed by atoms with Crippen LogP contribution in [0.1, 0.15) is 34.8 Å². The van der Waals surface area contributed by atoms with Crippen LogP contribution in [0.2, 0.25) is 0 Å². The van der Waals surface area contributed by atoms with E-state index in [9.17, 15) is 13.6 Å². The van der Waals surface area contributed by atoms with Gasteiger partial charge in [-0.3, -0.25) is 9.89 Å². The Kier molecular flexibility index (Phi) is 5.16. The van der Waals surface area contributed by atoms with Gasteiger partial charge in [-0.2, -0.15) is 5.10 Å². The van der Waals surface area contributed by atoms with Crippen LogP contribution in [-0.4, -0.2) is 26.1 Å². The van der Waals surface area contributed by atoms with Crippen molar-refractivity contribution in [2.45, 2.75) is 19.6 Å². The lowest BCUT2D eigenvalue weighted by Gasteiger charge is -2.11. The van der Waals surface area contributed by atoms with Gasteiger partial charge in [-0.25, -0.2) is 18.7 Å². The molecule has 1 atom stereocenters. The predicted octanol–water partition coefficient (Wildman–Crippen LogP) is 2.55. The molecule has 0 aliphatic rings. The minimum atomic E-state index is -0.804. The van der Waals surface area contributed by atoms with Crippen molar-refractivity contribution in [3.05, 3.63) is 71.6 Å². The summed E-state index contributed by atoms with van der Waals surface area (Å²) in [5.74, 6) is -1.98. The first-order valence-corrected chi connectivity index (χ1v) is 7.72. The van der Waals surface area contributed by atoms with Crippen molar-refractivity contribution in [2.75, 3.05) is 0 Å². The third-order valence-electron chi connectivity index (χ3n) is 3.54. The molecule has 26 heavy (non-hydrogen) atoms. The molecule has 0 saturated carbocycles. The number of ether oxygens (including phenoxy) is 1. The number of halogens is 2. The fourth-order valence-corrected chi connectivity index (χ4v) is 2.20. The molecule has 3 aromatic rings. The number of carbonyl (C=O) groups excluding carboxylic acids is 1. The second-order valence-corrected chi connectivity index (χ2v) is 5.47. The average Bonchev–Trinajstić information content (AvgIpc) is 3.11. The minimum absolute atomic E-state index is 0.0513. The molecule has 1 aromatic carbocycles. The number of nitrogens with one attached hydrogen (secondary N) is 2. The lowest BCUT2D eigenvalue weighted by Crippen LogP contribution is -2.27. The van der Waals surface area contributed by atoms with Gasteiger partial charge in [0.25, 0.3) is 5.91 Å². The molecule has 0 saturated heterocycles. The molecule has 2 N–H and O–H groups in total. The van der Waals surface area contributed by atoms with Crippen LogP contribution in [0.25, 0.3) is 0 Å². The Morgan fingerprint density at radius 3 is 2.88 bits per heavy atom. The number of hydrogen-bond donors (Lipinski definition) is 2. The Morgan fingerprint density at radius 2 is 2.15 bits per heavy atom. The molecule has 0 spiro atoms. The van der Waals surface area contributed by atoms with Crippen molar-refractivity contribution >= 4 is 5.91 Å². The zero-order valence-corrected chi connectivity index (χ0v) is 13.7. The van der Waals surface area contributed by atoms with Crippen LogP contribution in [0.3, 0.4) is 0 Å². The average molecular weight is 359 g/mol. The number of rotatable bonds is 6. The zero-order valence-electron chi connectivity index (χ0n) is 13.7. The van der Waals surface area contributed by atoms with E-state index >= 15 is 0 Å². The van der Waals surface area contributed by atoms with Gasteiger partial charge in [0, 0.05) is 12.3 Å². The Labute approximate surface area is 147 Å². The molecule has 0 aliphatic heterocycles. The molecular formula is C17H15F2N5O2. The maximum atomic E-state index is 13.5.